The molecule has 24 heavy (non-hydrogen) atoms. The van der Waals surface area contributed by atoms with Crippen molar-refractivity contribution in [2.45, 2.75) is 39.7 Å². The summed E-state index contributed by atoms with van der Waals surface area (Å²) in [5.41, 5.74) is 7.17. The van der Waals surface area contributed by atoms with Gasteiger partial charge in [-0.05, 0) is 45.7 Å². The first-order valence-corrected chi connectivity index (χ1v) is 8.15. The molecule has 1 aliphatic heterocycles. The number of hydrazone groups is 1. The van der Waals surface area contributed by atoms with Gasteiger partial charge in [-0.2, -0.15) is 10.2 Å². The van der Waals surface area contributed by atoms with Gasteiger partial charge in [0.05, 0.1) is 22.8 Å². The van der Waals surface area contributed by atoms with Gasteiger partial charge in [0.2, 0.25) is 0 Å². The van der Waals surface area contributed by atoms with Crippen LogP contribution in [0.1, 0.15) is 36.7 Å². The van der Waals surface area contributed by atoms with Crippen molar-refractivity contribution in [2.75, 3.05) is 6.61 Å². The van der Waals surface area contributed by atoms with Crippen LogP contribution in [0.25, 0.3) is 5.69 Å². The molecule has 0 spiro atoms. The first kappa shape index (κ1) is 16.4. The fraction of sp³-hybridized carbons (Fsp3) is 0.389. The Morgan fingerprint density at radius 3 is 2.75 bits per heavy atom. The molecule has 1 aromatic heterocycles. The standard InChI is InChI=1S/C18H22N4O2/c1-12(19-20-18(23)16-10-7-11-24-16)17-13(2)21-22(14(17)3)15-8-5-4-6-9-15/h4-6,8-9,16H,7,10-11H2,1-3H3,(H,20,23). The van der Waals surface area contributed by atoms with Gasteiger partial charge >= 0.3 is 0 Å². The smallest absolute Gasteiger partial charge is 0.269 e. The minimum absolute atomic E-state index is 0.183. The lowest BCUT2D eigenvalue weighted by molar-refractivity contribution is -0.130. The molecule has 126 valence electrons. The van der Waals surface area contributed by atoms with Crippen molar-refractivity contribution in [3.63, 3.8) is 0 Å². The predicted octanol–water partition coefficient (Wildman–Crippen LogP) is 2.51. The van der Waals surface area contributed by atoms with E-state index in [0.29, 0.717) is 6.61 Å². The fourth-order valence-electron chi connectivity index (χ4n) is 3.04. The third-order valence-electron chi connectivity index (χ3n) is 4.21. The van der Waals surface area contributed by atoms with Gasteiger partial charge in [0, 0.05) is 12.2 Å². The molecule has 1 fully saturated rings. The van der Waals surface area contributed by atoms with E-state index in [0.717, 1.165) is 41.2 Å². The Labute approximate surface area is 141 Å². The molecular weight excluding hydrogens is 304 g/mol. The molecule has 1 saturated heterocycles. The van der Waals surface area contributed by atoms with Gasteiger partial charge in [-0.1, -0.05) is 18.2 Å². The van der Waals surface area contributed by atoms with Crippen molar-refractivity contribution in [3.8, 4) is 5.69 Å². The summed E-state index contributed by atoms with van der Waals surface area (Å²) in [6, 6.07) is 9.95. The van der Waals surface area contributed by atoms with E-state index in [1.165, 1.54) is 0 Å². The van der Waals surface area contributed by atoms with Gasteiger partial charge < -0.3 is 4.74 Å². The van der Waals surface area contributed by atoms with Crippen LogP contribution >= 0.6 is 0 Å². The van der Waals surface area contributed by atoms with E-state index in [-0.39, 0.29) is 12.0 Å². The van der Waals surface area contributed by atoms with Crippen molar-refractivity contribution in [1.82, 2.24) is 15.2 Å². The number of rotatable bonds is 4. The summed E-state index contributed by atoms with van der Waals surface area (Å²) in [7, 11) is 0. The monoisotopic (exact) mass is 326 g/mol. The number of hydrogen-bond acceptors (Lipinski definition) is 4. The normalized spacial score (nSPS) is 18.0. The molecule has 6 heteroatoms. The predicted molar refractivity (Wildman–Crippen MR) is 92.4 cm³/mol. The first-order valence-electron chi connectivity index (χ1n) is 8.15. The Kier molecular flexibility index (Phi) is 4.76. The van der Waals surface area contributed by atoms with Crippen LogP contribution in [-0.2, 0) is 9.53 Å². The van der Waals surface area contributed by atoms with E-state index >= 15 is 0 Å². The number of hydrogen-bond donors (Lipinski definition) is 1. The number of benzene rings is 1. The lowest BCUT2D eigenvalue weighted by atomic mass is 10.1. The fourth-order valence-corrected chi connectivity index (χ4v) is 3.04. The van der Waals surface area contributed by atoms with Crippen LogP contribution in [0.3, 0.4) is 0 Å². The molecule has 0 bridgehead atoms. The van der Waals surface area contributed by atoms with E-state index in [1.54, 1.807) is 0 Å². The summed E-state index contributed by atoms with van der Waals surface area (Å²) in [6.07, 6.45) is 1.29. The summed E-state index contributed by atoms with van der Waals surface area (Å²) in [5, 5.41) is 8.86. The molecule has 0 saturated carbocycles. The van der Waals surface area contributed by atoms with Gasteiger partial charge in [-0.15, -0.1) is 0 Å². The van der Waals surface area contributed by atoms with Crippen molar-refractivity contribution in [2.24, 2.45) is 5.10 Å². The highest BCUT2D eigenvalue weighted by Gasteiger charge is 2.23. The first-order chi connectivity index (χ1) is 11.6. The van der Waals surface area contributed by atoms with Gasteiger partial charge in [0.15, 0.2) is 0 Å². The molecule has 0 radical (unpaired) electrons. The third-order valence-corrected chi connectivity index (χ3v) is 4.21. The maximum Gasteiger partial charge on any atom is 0.269 e. The Balaban J connectivity index is 1.82. The Morgan fingerprint density at radius 2 is 2.08 bits per heavy atom. The molecule has 2 aromatic rings. The lowest BCUT2D eigenvalue weighted by Crippen LogP contribution is -2.31. The molecular formula is C18H22N4O2. The summed E-state index contributed by atoms with van der Waals surface area (Å²) in [6.45, 7) is 6.47. The number of aromatic nitrogens is 2. The highest BCUT2D eigenvalue weighted by molar-refractivity contribution is 6.01. The number of aryl methyl sites for hydroxylation is 1. The molecule has 6 nitrogen and oxygen atoms in total. The second kappa shape index (κ2) is 6.97. The van der Waals surface area contributed by atoms with Crippen molar-refractivity contribution in [1.29, 1.82) is 0 Å². The summed E-state index contributed by atoms with van der Waals surface area (Å²) < 4.78 is 7.26. The van der Waals surface area contributed by atoms with Gasteiger partial charge in [0.1, 0.15) is 6.10 Å². The zero-order valence-electron chi connectivity index (χ0n) is 14.2. The highest BCUT2D eigenvalue weighted by Crippen LogP contribution is 2.18. The molecule has 1 unspecified atom stereocenters. The lowest BCUT2D eigenvalue weighted by Gasteiger charge is -2.08. The SMILES string of the molecule is CC(=NNC(=O)C1CCCO1)c1c(C)nn(-c2ccccc2)c1C. The number of ether oxygens (including phenoxy) is 1. The van der Waals surface area contributed by atoms with E-state index in [2.05, 4.69) is 15.6 Å². The minimum atomic E-state index is -0.379. The summed E-state index contributed by atoms with van der Waals surface area (Å²) >= 11 is 0. The highest BCUT2D eigenvalue weighted by atomic mass is 16.5. The van der Waals surface area contributed by atoms with Crippen molar-refractivity contribution in [3.05, 3.63) is 47.3 Å². The second-order valence-electron chi connectivity index (χ2n) is 5.97. The number of nitrogens with one attached hydrogen (secondary N) is 1. The maximum absolute atomic E-state index is 12.0. The van der Waals surface area contributed by atoms with Crippen molar-refractivity contribution < 1.29 is 9.53 Å². The zero-order valence-corrected chi connectivity index (χ0v) is 14.2. The van der Waals surface area contributed by atoms with Crippen LogP contribution in [0.2, 0.25) is 0 Å². The van der Waals surface area contributed by atoms with E-state index < -0.39 is 0 Å². The van der Waals surface area contributed by atoms with Gasteiger partial charge in [0.25, 0.3) is 5.91 Å². The molecule has 1 amide bonds. The molecule has 1 atom stereocenters. The molecule has 1 aromatic carbocycles. The van der Waals surface area contributed by atoms with E-state index in [4.69, 9.17) is 4.74 Å². The summed E-state index contributed by atoms with van der Waals surface area (Å²) in [4.78, 5) is 12.0. The largest absolute Gasteiger partial charge is 0.368 e. The average molecular weight is 326 g/mol. The van der Waals surface area contributed by atoms with Gasteiger partial charge in [-0.3, -0.25) is 4.79 Å². The summed E-state index contributed by atoms with van der Waals surface area (Å²) in [5.74, 6) is -0.183. The van der Waals surface area contributed by atoms with E-state index in [9.17, 15) is 4.79 Å². The Bertz CT molecular complexity index is 759. The average Bonchev–Trinajstić information content (AvgIpc) is 3.22. The van der Waals surface area contributed by atoms with E-state index in [1.807, 2.05) is 55.8 Å². The third kappa shape index (κ3) is 3.23. The second-order valence-corrected chi connectivity index (χ2v) is 5.97. The zero-order chi connectivity index (χ0) is 17.1. The van der Waals surface area contributed by atoms with Crippen LogP contribution in [-0.4, -0.2) is 34.1 Å². The number of carbonyl (C=O) groups is 1. The van der Waals surface area contributed by atoms with Crippen LogP contribution in [0.4, 0.5) is 0 Å². The van der Waals surface area contributed by atoms with Crippen molar-refractivity contribution >= 4 is 11.6 Å². The van der Waals surface area contributed by atoms with Crippen LogP contribution in [0.5, 0.6) is 0 Å². The molecule has 2 heterocycles. The Hall–Kier alpha value is -2.47. The number of carbonyl (C=O) groups excluding carboxylic acids is 1. The molecule has 1 N–H and O–H groups in total. The van der Waals surface area contributed by atoms with Crippen LogP contribution in [0, 0.1) is 13.8 Å². The quantitative estimate of drug-likeness (QED) is 0.693. The number of nitrogens with zero attached hydrogens (tertiary/aromatic N) is 3. The number of para-hydroxylation sites is 1. The van der Waals surface area contributed by atoms with Gasteiger partial charge in [-0.25, -0.2) is 10.1 Å². The Morgan fingerprint density at radius 1 is 1.33 bits per heavy atom. The topological polar surface area (TPSA) is 68.5 Å². The van der Waals surface area contributed by atoms with Crippen LogP contribution < -0.4 is 5.43 Å². The maximum atomic E-state index is 12.0. The molecule has 0 aliphatic carbocycles. The minimum Gasteiger partial charge on any atom is -0.368 e. The number of amides is 1. The molecule has 3 rings (SSSR count). The van der Waals surface area contributed by atoms with Crippen LogP contribution in [0.15, 0.2) is 35.4 Å². The molecule has 1 aliphatic rings.